The Morgan fingerprint density at radius 3 is 2.54 bits per heavy atom. The summed E-state index contributed by atoms with van der Waals surface area (Å²) in [6, 6.07) is 7.89. The van der Waals surface area contributed by atoms with Crippen molar-refractivity contribution in [3.63, 3.8) is 0 Å². The first-order chi connectivity index (χ1) is 12.3. The monoisotopic (exact) mass is 376 g/mol. The number of thiazole rings is 1. The van der Waals surface area contributed by atoms with Crippen molar-refractivity contribution >= 4 is 17.4 Å². The molecule has 2 heterocycles. The Kier molecular flexibility index (Phi) is 5.60. The molecule has 0 bridgehead atoms. The van der Waals surface area contributed by atoms with Crippen LogP contribution in [0.2, 0.25) is 0 Å². The molecule has 1 aromatic carbocycles. The van der Waals surface area contributed by atoms with Gasteiger partial charge in [0.15, 0.2) is 0 Å². The van der Waals surface area contributed by atoms with Gasteiger partial charge in [0.05, 0.1) is 29.6 Å². The largest absolute Gasteiger partial charge is 0.444 e. The van der Waals surface area contributed by atoms with Crippen molar-refractivity contribution < 1.29 is 19.0 Å². The number of alkyl carbamates (subject to hydrolysis) is 1. The van der Waals surface area contributed by atoms with Crippen LogP contribution in [0.4, 0.5) is 4.79 Å². The number of amides is 1. The standard InChI is InChI=1S/C19H24N2O4S/c1-12(21-18(22)25-19(2,3)4)13-5-7-14(8-6-13)16-15(20-11-26-16)17-23-9-10-24-17/h5-8,11-12,17H,9-10H2,1-4H3,(H,21,22)/t12-/m0/s1. The van der Waals surface area contributed by atoms with E-state index in [1.807, 2.05) is 52.0 Å². The van der Waals surface area contributed by atoms with Gasteiger partial charge in [-0.3, -0.25) is 0 Å². The molecule has 2 aromatic rings. The lowest BCUT2D eigenvalue weighted by Crippen LogP contribution is -2.34. The van der Waals surface area contributed by atoms with Gasteiger partial charge < -0.3 is 19.5 Å². The molecule has 1 N–H and O–H groups in total. The quantitative estimate of drug-likeness (QED) is 0.854. The number of benzene rings is 1. The van der Waals surface area contributed by atoms with Crippen molar-refractivity contribution in [2.45, 2.75) is 45.6 Å². The van der Waals surface area contributed by atoms with Gasteiger partial charge in [-0.05, 0) is 38.8 Å². The predicted molar refractivity (Wildman–Crippen MR) is 100.0 cm³/mol. The van der Waals surface area contributed by atoms with Gasteiger partial charge in [-0.25, -0.2) is 9.78 Å². The van der Waals surface area contributed by atoms with E-state index in [-0.39, 0.29) is 12.3 Å². The Bertz CT molecular complexity index is 746. The van der Waals surface area contributed by atoms with E-state index in [0.29, 0.717) is 13.2 Å². The highest BCUT2D eigenvalue weighted by Crippen LogP contribution is 2.35. The Morgan fingerprint density at radius 2 is 1.92 bits per heavy atom. The molecule has 1 amide bonds. The number of carbonyl (C=O) groups is 1. The van der Waals surface area contributed by atoms with Gasteiger partial charge in [0, 0.05) is 0 Å². The molecule has 1 fully saturated rings. The van der Waals surface area contributed by atoms with Crippen LogP contribution < -0.4 is 5.32 Å². The maximum absolute atomic E-state index is 11.9. The summed E-state index contributed by atoms with van der Waals surface area (Å²) in [5.74, 6) is 0. The van der Waals surface area contributed by atoms with Crippen molar-refractivity contribution in [3.8, 4) is 10.4 Å². The Hall–Kier alpha value is -1.96. The Labute approximate surface area is 157 Å². The van der Waals surface area contributed by atoms with Crippen molar-refractivity contribution in [3.05, 3.63) is 41.0 Å². The topological polar surface area (TPSA) is 69.7 Å². The van der Waals surface area contributed by atoms with Crippen LogP contribution in [0.1, 0.15) is 51.3 Å². The summed E-state index contributed by atoms with van der Waals surface area (Å²) in [6.45, 7) is 8.64. The van der Waals surface area contributed by atoms with Crippen LogP contribution in [0.15, 0.2) is 29.8 Å². The number of hydrogen-bond acceptors (Lipinski definition) is 6. The summed E-state index contributed by atoms with van der Waals surface area (Å²) in [5.41, 5.74) is 4.16. The number of nitrogens with zero attached hydrogens (tertiary/aromatic N) is 1. The van der Waals surface area contributed by atoms with E-state index in [1.54, 1.807) is 16.8 Å². The molecular weight excluding hydrogens is 352 g/mol. The highest BCUT2D eigenvalue weighted by molar-refractivity contribution is 7.13. The van der Waals surface area contributed by atoms with Gasteiger partial charge in [-0.2, -0.15) is 0 Å². The fourth-order valence-electron chi connectivity index (χ4n) is 2.65. The number of nitrogens with one attached hydrogen (secondary N) is 1. The lowest BCUT2D eigenvalue weighted by Gasteiger charge is -2.22. The molecule has 140 valence electrons. The van der Waals surface area contributed by atoms with Gasteiger partial charge >= 0.3 is 6.09 Å². The fraction of sp³-hybridized carbons (Fsp3) is 0.474. The third-order valence-electron chi connectivity index (χ3n) is 3.85. The van der Waals surface area contributed by atoms with Gasteiger partial charge in [0.2, 0.25) is 6.29 Å². The van der Waals surface area contributed by atoms with Crippen molar-refractivity contribution in [1.82, 2.24) is 10.3 Å². The summed E-state index contributed by atoms with van der Waals surface area (Å²) in [4.78, 5) is 17.4. The second-order valence-electron chi connectivity index (χ2n) is 7.13. The molecule has 0 saturated carbocycles. The normalized spacial score (nSPS) is 16.5. The SMILES string of the molecule is C[C@H](NC(=O)OC(C)(C)C)c1ccc(-c2scnc2C2OCCO2)cc1. The number of rotatable bonds is 4. The average molecular weight is 376 g/mol. The zero-order chi connectivity index (χ0) is 18.7. The van der Waals surface area contributed by atoms with Gasteiger partial charge in [0.25, 0.3) is 0 Å². The fourth-order valence-corrected chi connectivity index (χ4v) is 3.46. The van der Waals surface area contributed by atoms with Crippen LogP contribution in [0.5, 0.6) is 0 Å². The van der Waals surface area contributed by atoms with Crippen molar-refractivity contribution in [2.75, 3.05) is 13.2 Å². The summed E-state index contributed by atoms with van der Waals surface area (Å²) < 4.78 is 16.4. The molecule has 1 aliphatic rings. The molecule has 0 aliphatic carbocycles. The lowest BCUT2D eigenvalue weighted by atomic mass is 10.0. The van der Waals surface area contributed by atoms with Crippen molar-refractivity contribution in [1.29, 1.82) is 0 Å². The molecule has 1 atom stereocenters. The predicted octanol–water partition coefficient (Wildman–Crippen LogP) is 4.44. The van der Waals surface area contributed by atoms with Gasteiger partial charge in [-0.1, -0.05) is 24.3 Å². The summed E-state index contributed by atoms with van der Waals surface area (Å²) >= 11 is 1.56. The molecule has 1 saturated heterocycles. The number of hydrogen-bond donors (Lipinski definition) is 1. The zero-order valence-electron chi connectivity index (χ0n) is 15.4. The molecule has 6 nitrogen and oxygen atoms in total. The minimum Gasteiger partial charge on any atom is -0.444 e. The molecule has 0 unspecified atom stereocenters. The smallest absolute Gasteiger partial charge is 0.408 e. The maximum atomic E-state index is 11.9. The number of ether oxygens (including phenoxy) is 3. The first-order valence-corrected chi connectivity index (χ1v) is 9.48. The first kappa shape index (κ1) is 18.8. The minimum absolute atomic E-state index is 0.152. The molecule has 1 aliphatic heterocycles. The van der Waals surface area contributed by atoms with Gasteiger partial charge in [0.1, 0.15) is 11.3 Å². The highest BCUT2D eigenvalue weighted by atomic mass is 32.1. The number of carbonyl (C=O) groups excluding carboxylic acids is 1. The third kappa shape index (κ3) is 4.60. The molecule has 1 aromatic heterocycles. The van der Waals surface area contributed by atoms with E-state index < -0.39 is 11.7 Å². The molecule has 7 heteroatoms. The van der Waals surface area contributed by atoms with E-state index in [2.05, 4.69) is 10.3 Å². The molecule has 26 heavy (non-hydrogen) atoms. The van der Waals surface area contributed by atoms with E-state index in [1.165, 1.54) is 0 Å². The van der Waals surface area contributed by atoms with Crippen LogP contribution in [-0.4, -0.2) is 29.9 Å². The maximum Gasteiger partial charge on any atom is 0.408 e. The van der Waals surface area contributed by atoms with Crippen LogP contribution in [0.25, 0.3) is 10.4 Å². The highest BCUT2D eigenvalue weighted by Gasteiger charge is 2.24. The van der Waals surface area contributed by atoms with E-state index in [0.717, 1.165) is 21.7 Å². The van der Waals surface area contributed by atoms with E-state index in [9.17, 15) is 4.79 Å². The third-order valence-corrected chi connectivity index (χ3v) is 4.74. The van der Waals surface area contributed by atoms with Crippen LogP contribution in [-0.2, 0) is 14.2 Å². The molecular formula is C19H24N2O4S. The Morgan fingerprint density at radius 1 is 1.27 bits per heavy atom. The second kappa shape index (κ2) is 7.73. The summed E-state index contributed by atoms with van der Waals surface area (Å²) in [5, 5.41) is 2.85. The second-order valence-corrected chi connectivity index (χ2v) is 7.98. The van der Waals surface area contributed by atoms with Gasteiger partial charge in [-0.15, -0.1) is 11.3 Å². The van der Waals surface area contributed by atoms with Crippen LogP contribution in [0.3, 0.4) is 0 Å². The average Bonchev–Trinajstić information content (AvgIpc) is 3.24. The zero-order valence-corrected chi connectivity index (χ0v) is 16.3. The molecule has 3 rings (SSSR count). The lowest BCUT2D eigenvalue weighted by molar-refractivity contribution is -0.0464. The molecule has 0 spiro atoms. The minimum atomic E-state index is -0.513. The first-order valence-electron chi connectivity index (χ1n) is 8.60. The molecule has 0 radical (unpaired) electrons. The van der Waals surface area contributed by atoms with Crippen LogP contribution in [0, 0.1) is 0 Å². The van der Waals surface area contributed by atoms with Crippen LogP contribution >= 0.6 is 11.3 Å². The Balaban J connectivity index is 1.69. The number of aromatic nitrogens is 1. The van der Waals surface area contributed by atoms with Crippen molar-refractivity contribution in [2.24, 2.45) is 0 Å². The summed E-state index contributed by atoms with van der Waals surface area (Å²) in [7, 11) is 0. The van der Waals surface area contributed by atoms with E-state index in [4.69, 9.17) is 14.2 Å². The summed E-state index contributed by atoms with van der Waals surface area (Å²) in [6.07, 6.45) is -0.807. The van der Waals surface area contributed by atoms with E-state index >= 15 is 0 Å².